The van der Waals surface area contributed by atoms with Crippen molar-refractivity contribution in [2.45, 2.75) is 0 Å². The third-order valence-corrected chi connectivity index (χ3v) is 0.591. The Morgan fingerprint density at radius 3 is 1.25 bits per heavy atom. The van der Waals surface area contributed by atoms with Crippen molar-refractivity contribution >= 4 is 46.9 Å². The van der Waals surface area contributed by atoms with Gasteiger partial charge in [-0.05, 0) is 0 Å². The Hall–Kier alpha value is 1.37. The SMILES string of the molecule is COCCO.COCCO.[AlH3].[HH].[HH].[NaH]. The van der Waals surface area contributed by atoms with Crippen LogP contribution in [0.1, 0.15) is 2.85 Å². The molecular formula is C6H24AlNaO4. The number of methoxy groups -OCH3 is 2. The van der Waals surface area contributed by atoms with Gasteiger partial charge in [-0.25, -0.2) is 0 Å². The molecule has 0 aliphatic heterocycles. The molecule has 0 unspecified atom stereocenters. The quantitative estimate of drug-likeness (QED) is 0.522. The molecule has 0 aromatic rings. The molecule has 76 valence electrons. The predicted molar refractivity (Wildman–Crippen MR) is 59.2 cm³/mol. The molecule has 0 fully saturated rings. The van der Waals surface area contributed by atoms with E-state index in [0.29, 0.717) is 13.2 Å². The molecule has 0 aliphatic carbocycles. The molecule has 0 saturated heterocycles. The Balaban J connectivity index is -0.0000000178. The topological polar surface area (TPSA) is 58.9 Å². The normalized spacial score (nSPS) is 7.00. The van der Waals surface area contributed by atoms with E-state index in [9.17, 15) is 0 Å². The van der Waals surface area contributed by atoms with Crippen molar-refractivity contribution in [3.63, 3.8) is 0 Å². The molecule has 0 radical (unpaired) electrons. The molecule has 0 saturated carbocycles. The Morgan fingerprint density at radius 1 is 1.00 bits per heavy atom. The van der Waals surface area contributed by atoms with Crippen molar-refractivity contribution in [1.29, 1.82) is 0 Å². The van der Waals surface area contributed by atoms with Crippen LogP contribution < -0.4 is 0 Å². The van der Waals surface area contributed by atoms with Gasteiger partial charge in [-0.2, -0.15) is 0 Å². The van der Waals surface area contributed by atoms with E-state index in [1.807, 2.05) is 0 Å². The number of hydrogen-bond donors (Lipinski definition) is 2. The Morgan fingerprint density at radius 2 is 1.25 bits per heavy atom. The summed E-state index contributed by atoms with van der Waals surface area (Å²) in [7, 11) is 3.10. The number of aliphatic hydroxyl groups excluding tert-OH is 2. The van der Waals surface area contributed by atoms with E-state index in [1.165, 1.54) is 0 Å². The van der Waals surface area contributed by atoms with Crippen LogP contribution in [0, 0.1) is 0 Å². The van der Waals surface area contributed by atoms with E-state index < -0.39 is 0 Å². The summed E-state index contributed by atoms with van der Waals surface area (Å²) in [6, 6.07) is 0. The first-order chi connectivity index (χ1) is 4.83. The van der Waals surface area contributed by atoms with E-state index in [-0.39, 0.29) is 63.0 Å². The summed E-state index contributed by atoms with van der Waals surface area (Å²) in [5.74, 6) is 0. The van der Waals surface area contributed by atoms with Gasteiger partial charge in [-0.15, -0.1) is 0 Å². The molecule has 4 nitrogen and oxygen atoms in total. The monoisotopic (exact) mass is 210 g/mol. The van der Waals surface area contributed by atoms with Crippen molar-refractivity contribution in [3.8, 4) is 0 Å². The molecule has 0 rings (SSSR count). The van der Waals surface area contributed by atoms with E-state index in [4.69, 9.17) is 10.2 Å². The summed E-state index contributed by atoms with van der Waals surface area (Å²) >= 11 is 0. The van der Waals surface area contributed by atoms with E-state index in [2.05, 4.69) is 9.47 Å². The van der Waals surface area contributed by atoms with E-state index in [0.717, 1.165) is 0 Å². The first kappa shape index (κ1) is 23.3. The van der Waals surface area contributed by atoms with Crippen LogP contribution in [0.5, 0.6) is 0 Å². The van der Waals surface area contributed by atoms with Crippen molar-refractivity contribution in [3.05, 3.63) is 0 Å². The summed E-state index contributed by atoms with van der Waals surface area (Å²) in [6.07, 6.45) is 0. The van der Waals surface area contributed by atoms with Crippen LogP contribution in [0.15, 0.2) is 0 Å². The molecule has 0 aromatic carbocycles. The van der Waals surface area contributed by atoms with Crippen LogP contribution in [-0.2, 0) is 9.47 Å². The molecule has 12 heavy (non-hydrogen) atoms. The summed E-state index contributed by atoms with van der Waals surface area (Å²) in [4.78, 5) is 0. The minimum absolute atomic E-state index is 0. The van der Waals surface area contributed by atoms with Gasteiger partial charge in [0, 0.05) is 17.1 Å². The fraction of sp³-hybridized carbons (Fsp3) is 1.00. The molecule has 0 amide bonds. The zero-order valence-corrected chi connectivity index (χ0v) is 6.54. The average Bonchev–Trinajstić information content (AvgIpc) is 1.93. The standard InChI is InChI=1S/2C3H8O2.Al.Na.2H2.4H/c2*1-5-3-2-4;;;;;;;;/h2*4H,2-3H2,1H3;;;2*1H;;;;. The van der Waals surface area contributed by atoms with Crippen LogP contribution >= 0.6 is 0 Å². The molecule has 0 bridgehead atoms. The summed E-state index contributed by atoms with van der Waals surface area (Å²) in [6.45, 7) is 1.13. The Kier molecular flexibility index (Phi) is 57.2. The Bertz CT molecular complexity index is 48.8. The number of ether oxygens (including phenoxy) is 2. The first-order valence-electron chi connectivity index (χ1n) is 3.03. The second-order valence-corrected chi connectivity index (χ2v) is 1.43. The zero-order chi connectivity index (χ0) is 8.24. The van der Waals surface area contributed by atoms with Gasteiger partial charge in [0.1, 0.15) is 0 Å². The van der Waals surface area contributed by atoms with Crippen molar-refractivity contribution in [2.75, 3.05) is 40.6 Å². The maximum absolute atomic E-state index is 7.94. The van der Waals surface area contributed by atoms with Crippen LogP contribution in [0.4, 0.5) is 0 Å². The van der Waals surface area contributed by atoms with Gasteiger partial charge >= 0.3 is 29.6 Å². The minimum atomic E-state index is 0. The van der Waals surface area contributed by atoms with Crippen molar-refractivity contribution < 1.29 is 22.5 Å². The molecule has 2 N–H and O–H groups in total. The number of hydrogen-bond acceptors (Lipinski definition) is 4. The number of rotatable bonds is 4. The van der Waals surface area contributed by atoms with Crippen LogP contribution in [-0.4, -0.2) is 97.8 Å². The third-order valence-electron chi connectivity index (χ3n) is 0.591. The molecule has 0 spiro atoms. The molecule has 0 atom stereocenters. The van der Waals surface area contributed by atoms with Crippen molar-refractivity contribution in [1.82, 2.24) is 0 Å². The summed E-state index contributed by atoms with van der Waals surface area (Å²) < 4.78 is 8.88. The van der Waals surface area contributed by atoms with Crippen molar-refractivity contribution in [2.24, 2.45) is 0 Å². The second kappa shape index (κ2) is 29.4. The third kappa shape index (κ3) is 42.4. The average molecular weight is 210 g/mol. The fourth-order valence-electron chi connectivity index (χ4n) is 0.183. The van der Waals surface area contributed by atoms with Gasteiger partial charge < -0.3 is 19.7 Å². The maximum atomic E-state index is 7.94. The van der Waals surface area contributed by atoms with Gasteiger partial charge in [0.2, 0.25) is 0 Å². The summed E-state index contributed by atoms with van der Waals surface area (Å²) in [5.41, 5.74) is 0. The van der Waals surface area contributed by atoms with Gasteiger partial charge in [0.25, 0.3) is 0 Å². The molecule has 0 heterocycles. The zero-order valence-electron chi connectivity index (χ0n) is 6.54. The molecule has 6 heteroatoms. The predicted octanol–water partition coefficient (Wildman–Crippen LogP) is -2.09. The van der Waals surface area contributed by atoms with Crippen LogP contribution in [0.3, 0.4) is 0 Å². The Labute approximate surface area is 110 Å². The molecule has 0 aliphatic rings. The van der Waals surface area contributed by atoms with E-state index >= 15 is 0 Å². The molecular weight excluding hydrogens is 186 g/mol. The van der Waals surface area contributed by atoms with Crippen LogP contribution in [0.2, 0.25) is 0 Å². The van der Waals surface area contributed by atoms with Gasteiger partial charge in [-0.3, -0.25) is 0 Å². The van der Waals surface area contributed by atoms with Gasteiger partial charge in [0.05, 0.1) is 26.4 Å². The fourth-order valence-corrected chi connectivity index (χ4v) is 0.183. The summed E-state index contributed by atoms with van der Waals surface area (Å²) in [5, 5.41) is 15.9. The first-order valence-corrected chi connectivity index (χ1v) is 3.03. The molecule has 0 aromatic heterocycles. The number of aliphatic hydroxyl groups is 2. The van der Waals surface area contributed by atoms with Gasteiger partial charge in [-0.1, -0.05) is 0 Å². The van der Waals surface area contributed by atoms with Crippen LogP contribution in [0.25, 0.3) is 0 Å². The van der Waals surface area contributed by atoms with Gasteiger partial charge in [0.15, 0.2) is 17.4 Å². The van der Waals surface area contributed by atoms with E-state index in [1.54, 1.807) is 14.2 Å². The second-order valence-electron chi connectivity index (χ2n) is 1.43.